The average Bonchev–Trinajstić information content (AvgIpc) is 2.09. The number of unbranched alkanes of at least 4 members (excludes halogenated alkanes) is 1. The van der Waals surface area contributed by atoms with Gasteiger partial charge in [0.2, 0.25) is 0 Å². The first-order valence-corrected chi connectivity index (χ1v) is 7.47. The smallest absolute Gasteiger partial charge is 0.296 e. The molecule has 1 rings (SSSR count). The second-order valence-corrected chi connectivity index (χ2v) is 6.78. The van der Waals surface area contributed by atoms with Crippen LogP contribution in [0.3, 0.4) is 0 Å². The van der Waals surface area contributed by atoms with Gasteiger partial charge in [-0.25, -0.2) is 4.57 Å². The third-order valence-electron chi connectivity index (χ3n) is 2.92. The summed E-state index contributed by atoms with van der Waals surface area (Å²) in [5.41, 5.74) is -0.0567. The van der Waals surface area contributed by atoms with Crippen LogP contribution in [0, 0.1) is 5.41 Å². The van der Waals surface area contributed by atoms with E-state index in [2.05, 4.69) is 13.8 Å². The van der Waals surface area contributed by atoms with E-state index in [0.29, 0.717) is 6.61 Å². The third kappa shape index (κ3) is 2.96. The summed E-state index contributed by atoms with van der Waals surface area (Å²) >= 11 is 5.54. The molecule has 14 heavy (non-hydrogen) atoms. The lowest BCUT2D eigenvalue weighted by Gasteiger charge is -2.40. The Labute approximate surface area is 90.4 Å². The Morgan fingerprint density at radius 2 is 2.29 bits per heavy atom. The molecule has 0 aromatic carbocycles. The zero-order valence-corrected chi connectivity index (χ0v) is 10.6. The zero-order chi connectivity index (χ0) is 10.8. The molecule has 84 valence electrons. The first-order chi connectivity index (χ1) is 6.40. The maximum absolute atomic E-state index is 11.3. The van der Waals surface area contributed by atoms with Crippen LogP contribution >= 0.6 is 18.2 Å². The molecule has 1 heterocycles. The molecule has 1 aliphatic heterocycles. The van der Waals surface area contributed by atoms with Crippen molar-refractivity contribution in [2.75, 3.05) is 6.61 Å². The van der Waals surface area contributed by atoms with Crippen LogP contribution < -0.4 is 0 Å². The average molecular weight is 241 g/mol. The van der Waals surface area contributed by atoms with Gasteiger partial charge in [0.15, 0.2) is 0 Å². The highest BCUT2D eigenvalue weighted by atomic mass is 35.7. The Morgan fingerprint density at radius 1 is 1.64 bits per heavy atom. The van der Waals surface area contributed by atoms with Crippen molar-refractivity contribution in [3.8, 4) is 0 Å². The van der Waals surface area contributed by atoms with Gasteiger partial charge in [-0.15, -0.1) is 0 Å². The van der Waals surface area contributed by atoms with E-state index in [0.717, 1.165) is 19.3 Å². The lowest BCUT2D eigenvalue weighted by atomic mass is 9.81. The van der Waals surface area contributed by atoms with Crippen molar-refractivity contribution in [2.24, 2.45) is 5.41 Å². The molecule has 0 bridgehead atoms. The maximum atomic E-state index is 11.3. The molecular weight excluding hydrogens is 223 g/mol. The van der Waals surface area contributed by atoms with Crippen molar-refractivity contribution in [1.82, 2.24) is 0 Å². The van der Waals surface area contributed by atoms with E-state index in [1.165, 1.54) is 0 Å². The molecule has 3 atom stereocenters. The largest absolute Gasteiger partial charge is 0.424 e. The molecule has 0 aromatic rings. The number of rotatable bonds is 3. The molecule has 0 spiro atoms. The lowest BCUT2D eigenvalue weighted by Crippen LogP contribution is -2.39. The molecule has 1 fully saturated rings. The van der Waals surface area contributed by atoms with E-state index < -0.39 is 6.95 Å². The third-order valence-corrected chi connectivity index (χ3v) is 4.45. The van der Waals surface area contributed by atoms with E-state index in [1.54, 1.807) is 0 Å². The quantitative estimate of drug-likeness (QED) is 0.701. The van der Waals surface area contributed by atoms with Crippen LogP contribution in [0.5, 0.6) is 0 Å². The van der Waals surface area contributed by atoms with Crippen LogP contribution in [-0.2, 0) is 13.6 Å². The van der Waals surface area contributed by atoms with E-state index >= 15 is 0 Å². The Balaban J connectivity index is 2.60. The summed E-state index contributed by atoms with van der Waals surface area (Å²) in [6.45, 7) is 3.28. The van der Waals surface area contributed by atoms with Gasteiger partial charge >= 0.3 is 6.95 Å². The van der Waals surface area contributed by atoms with Crippen LogP contribution in [0.15, 0.2) is 0 Å². The van der Waals surface area contributed by atoms with E-state index in [9.17, 15) is 4.57 Å². The van der Waals surface area contributed by atoms with Crippen molar-refractivity contribution < 1.29 is 13.6 Å². The molecular formula is C9H18ClO3P. The van der Waals surface area contributed by atoms with Crippen molar-refractivity contribution >= 4 is 18.2 Å². The van der Waals surface area contributed by atoms with Gasteiger partial charge in [-0.05, 0) is 13.3 Å². The Kier molecular flexibility index (Phi) is 4.04. The molecule has 0 N–H and O–H groups in total. The zero-order valence-electron chi connectivity index (χ0n) is 8.96. The molecule has 0 saturated carbocycles. The fraction of sp³-hybridized carbons (Fsp3) is 1.00. The summed E-state index contributed by atoms with van der Waals surface area (Å²) in [4.78, 5) is 0. The second kappa shape index (κ2) is 4.52. The fourth-order valence-corrected chi connectivity index (χ4v) is 3.19. The minimum atomic E-state index is -3.28. The molecule has 3 unspecified atom stereocenters. The first kappa shape index (κ1) is 12.5. The second-order valence-electron chi connectivity index (χ2n) is 4.21. The molecule has 0 aromatic heterocycles. The first-order valence-electron chi connectivity index (χ1n) is 5.02. The summed E-state index contributed by atoms with van der Waals surface area (Å²) in [5.74, 6) is 0. The molecule has 1 aliphatic rings. The Bertz CT molecular complexity index is 246. The summed E-state index contributed by atoms with van der Waals surface area (Å²) < 4.78 is 21.6. The fourth-order valence-electron chi connectivity index (χ4n) is 1.54. The molecule has 0 aliphatic carbocycles. The minimum Gasteiger partial charge on any atom is -0.296 e. The predicted octanol–water partition coefficient (Wildman–Crippen LogP) is 3.97. The molecule has 5 heteroatoms. The molecule has 1 saturated heterocycles. The molecule has 3 nitrogen and oxygen atoms in total. The highest BCUT2D eigenvalue weighted by molar-refractivity contribution is 7.81. The topological polar surface area (TPSA) is 35.5 Å². The van der Waals surface area contributed by atoms with Crippen LogP contribution in [0.4, 0.5) is 0 Å². The van der Waals surface area contributed by atoms with Crippen molar-refractivity contribution in [1.29, 1.82) is 0 Å². The van der Waals surface area contributed by atoms with Gasteiger partial charge in [0.25, 0.3) is 0 Å². The standard InChI is InChI=1S/C9H18ClO3P/c1-4-5-6-9(3)7-12-14(10,11)13-8(9)2/h8H,4-7H2,1-3H3. The highest BCUT2D eigenvalue weighted by Gasteiger charge is 2.43. The molecule has 0 radical (unpaired) electrons. The summed E-state index contributed by atoms with van der Waals surface area (Å²) in [7, 11) is 0. The summed E-state index contributed by atoms with van der Waals surface area (Å²) in [6, 6.07) is 0. The number of halogens is 1. The van der Waals surface area contributed by atoms with Gasteiger partial charge in [-0.1, -0.05) is 26.7 Å². The number of hydrogen-bond donors (Lipinski definition) is 0. The summed E-state index contributed by atoms with van der Waals surface area (Å²) in [6.07, 6.45) is 3.17. The van der Waals surface area contributed by atoms with E-state index in [1.807, 2.05) is 6.92 Å². The number of hydrogen-bond acceptors (Lipinski definition) is 3. The molecule has 0 amide bonds. The van der Waals surface area contributed by atoms with Gasteiger partial charge < -0.3 is 0 Å². The highest BCUT2D eigenvalue weighted by Crippen LogP contribution is 2.60. The van der Waals surface area contributed by atoms with Crippen LogP contribution in [0.1, 0.15) is 40.0 Å². The Hall–Kier alpha value is 0.440. The van der Waals surface area contributed by atoms with E-state index in [4.69, 9.17) is 20.3 Å². The maximum Gasteiger partial charge on any atom is 0.424 e. The van der Waals surface area contributed by atoms with Gasteiger partial charge in [-0.2, -0.15) is 0 Å². The Morgan fingerprint density at radius 3 is 2.79 bits per heavy atom. The van der Waals surface area contributed by atoms with Crippen molar-refractivity contribution in [3.05, 3.63) is 0 Å². The van der Waals surface area contributed by atoms with Gasteiger partial charge in [0.1, 0.15) is 0 Å². The van der Waals surface area contributed by atoms with Crippen LogP contribution in [-0.4, -0.2) is 12.7 Å². The van der Waals surface area contributed by atoms with Crippen LogP contribution in [0.25, 0.3) is 0 Å². The van der Waals surface area contributed by atoms with Gasteiger partial charge in [0.05, 0.1) is 12.7 Å². The summed E-state index contributed by atoms with van der Waals surface area (Å²) in [5, 5.41) is 0. The van der Waals surface area contributed by atoms with Crippen molar-refractivity contribution in [3.63, 3.8) is 0 Å². The van der Waals surface area contributed by atoms with Gasteiger partial charge in [0, 0.05) is 16.7 Å². The normalized spacial score (nSPS) is 43.9. The van der Waals surface area contributed by atoms with Gasteiger partial charge in [-0.3, -0.25) is 9.05 Å². The lowest BCUT2D eigenvalue weighted by molar-refractivity contribution is -0.0260. The van der Waals surface area contributed by atoms with Crippen molar-refractivity contribution in [2.45, 2.75) is 46.1 Å². The van der Waals surface area contributed by atoms with Crippen LogP contribution in [0.2, 0.25) is 0 Å². The predicted molar refractivity (Wildman–Crippen MR) is 57.6 cm³/mol. The monoisotopic (exact) mass is 240 g/mol. The SMILES string of the molecule is CCCCC1(C)COP(=O)(Cl)OC1C. The minimum absolute atomic E-state index is 0.0567. The van der Waals surface area contributed by atoms with E-state index in [-0.39, 0.29) is 11.5 Å².